The Morgan fingerprint density at radius 1 is 1.40 bits per heavy atom. The van der Waals surface area contributed by atoms with Gasteiger partial charge in [-0.2, -0.15) is 0 Å². The van der Waals surface area contributed by atoms with Crippen molar-refractivity contribution >= 4 is 9.04 Å². The van der Waals surface area contributed by atoms with Gasteiger partial charge < -0.3 is 13.9 Å². The Bertz CT molecular complexity index is 142. The maximum Gasteiger partial charge on any atom is 0.176 e. The van der Waals surface area contributed by atoms with Crippen LogP contribution in [0, 0.1) is 0 Å². The van der Waals surface area contributed by atoms with Gasteiger partial charge in [-0.15, -0.1) is 0 Å². The first-order valence-electron chi connectivity index (χ1n) is 6.09. The Morgan fingerprint density at radius 2 is 2.20 bits per heavy atom. The molecule has 2 aliphatic rings. The Morgan fingerprint density at radius 3 is 2.60 bits per heavy atom. The van der Waals surface area contributed by atoms with Crippen molar-refractivity contribution in [2.45, 2.75) is 44.4 Å². The SMILES string of the molecule is CCC[SiH]1CCCCO1.COCC1CO1. The highest BCUT2D eigenvalue weighted by Gasteiger charge is 2.21. The van der Waals surface area contributed by atoms with Crippen molar-refractivity contribution < 1.29 is 13.9 Å². The second kappa shape index (κ2) is 8.27. The van der Waals surface area contributed by atoms with Crippen LogP contribution in [0.1, 0.15) is 26.2 Å². The Balaban J connectivity index is 0.000000162. The van der Waals surface area contributed by atoms with E-state index >= 15 is 0 Å². The average Bonchev–Trinajstić information content (AvgIpc) is 3.06. The van der Waals surface area contributed by atoms with E-state index in [2.05, 4.69) is 6.92 Å². The van der Waals surface area contributed by atoms with Crippen molar-refractivity contribution in [1.29, 1.82) is 0 Å². The molecule has 0 aromatic carbocycles. The molecule has 2 rings (SSSR count). The monoisotopic (exact) mass is 232 g/mol. The van der Waals surface area contributed by atoms with Crippen LogP contribution in [0.5, 0.6) is 0 Å². The minimum Gasteiger partial charge on any atom is -0.420 e. The van der Waals surface area contributed by atoms with E-state index in [1.165, 1.54) is 31.4 Å². The van der Waals surface area contributed by atoms with Crippen LogP contribution in [0.4, 0.5) is 0 Å². The lowest BCUT2D eigenvalue weighted by Crippen LogP contribution is -2.22. The van der Waals surface area contributed by atoms with Crippen molar-refractivity contribution in [3.05, 3.63) is 0 Å². The van der Waals surface area contributed by atoms with Crippen LogP contribution in [-0.2, 0) is 13.9 Å². The first-order chi connectivity index (χ1) is 7.36. The van der Waals surface area contributed by atoms with Gasteiger partial charge in [0.1, 0.15) is 6.10 Å². The molecule has 0 radical (unpaired) electrons. The normalized spacial score (nSPS) is 29.2. The number of methoxy groups -OCH3 is 1. The zero-order valence-corrected chi connectivity index (χ0v) is 11.2. The highest BCUT2D eigenvalue weighted by Crippen LogP contribution is 2.14. The largest absolute Gasteiger partial charge is 0.420 e. The molecule has 2 fully saturated rings. The fraction of sp³-hybridized carbons (Fsp3) is 1.00. The molecule has 2 atom stereocenters. The molecular formula is C11H24O3Si. The molecule has 0 amide bonds. The van der Waals surface area contributed by atoms with Crippen LogP contribution in [0.15, 0.2) is 0 Å². The summed E-state index contributed by atoms with van der Waals surface area (Å²) in [5, 5.41) is 0. The fourth-order valence-corrected chi connectivity index (χ4v) is 4.22. The molecule has 2 aliphatic heterocycles. The molecule has 90 valence electrons. The van der Waals surface area contributed by atoms with E-state index in [9.17, 15) is 0 Å². The van der Waals surface area contributed by atoms with Crippen molar-refractivity contribution in [2.75, 3.05) is 26.9 Å². The number of hydrogen-bond donors (Lipinski definition) is 0. The third-order valence-electron chi connectivity index (χ3n) is 2.64. The predicted octanol–water partition coefficient (Wildman–Crippen LogP) is 1.96. The lowest BCUT2D eigenvalue weighted by molar-refractivity contribution is 0.171. The summed E-state index contributed by atoms with van der Waals surface area (Å²) >= 11 is 0. The first-order valence-corrected chi connectivity index (χ1v) is 8.19. The summed E-state index contributed by atoms with van der Waals surface area (Å²) in [5.41, 5.74) is 0. The fourth-order valence-electron chi connectivity index (χ4n) is 1.71. The van der Waals surface area contributed by atoms with Gasteiger partial charge in [0, 0.05) is 13.7 Å². The molecule has 0 saturated carbocycles. The second-order valence-corrected chi connectivity index (χ2v) is 6.92. The Labute approximate surface area is 94.8 Å². The zero-order valence-electron chi connectivity index (χ0n) is 10.0. The predicted molar refractivity (Wildman–Crippen MR) is 63.9 cm³/mol. The molecule has 0 spiro atoms. The van der Waals surface area contributed by atoms with Crippen molar-refractivity contribution in [2.24, 2.45) is 0 Å². The van der Waals surface area contributed by atoms with Gasteiger partial charge >= 0.3 is 0 Å². The third kappa shape index (κ3) is 7.06. The lowest BCUT2D eigenvalue weighted by Gasteiger charge is -2.19. The van der Waals surface area contributed by atoms with Gasteiger partial charge in [-0.3, -0.25) is 0 Å². The molecule has 2 unspecified atom stereocenters. The van der Waals surface area contributed by atoms with E-state index in [1.807, 2.05) is 0 Å². The van der Waals surface area contributed by atoms with E-state index in [0.29, 0.717) is 6.10 Å². The summed E-state index contributed by atoms with van der Waals surface area (Å²) in [5.74, 6) is 0. The van der Waals surface area contributed by atoms with Gasteiger partial charge in [0.2, 0.25) is 0 Å². The number of ether oxygens (including phenoxy) is 2. The molecule has 0 N–H and O–H groups in total. The second-order valence-electron chi connectivity index (χ2n) is 4.19. The van der Waals surface area contributed by atoms with Gasteiger partial charge in [-0.25, -0.2) is 0 Å². The van der Waals surface area contributed by atoms with Crippen LogP contribution in [0.25, 0.3) is 0 Å². The Kier molecular flexibility index (Phi) is 7.26. The third-order valence-corrected chi connectivity index (χ3v) is 5.62. The van der Waals surface area contributed by atoms with Crippen LogP contribution >= 0.6 is 0 Å². The maximum atomic E-state index is 5.66. The average molecular weight is 232 g/mol. The van der Waals surface area contributed by atoms with E-state index in [0.717, 1.165) is 19.8 Å². The number of epoxide rings is 1. The van der Waals surface area contributed by atoms with E-state index in [1.54, 1.807) is 7.11 Å². The molecule has 0 aromatic rings. The molecular weight excluding hydrogens is 208 g/mol. The standard InChI is InChI=1S/C7H16OSi.C4H8O2/c1-2-6-9-7-4-3-5-8-9;1-5-2-4-3-6-4/h9H,2-7H2,1H3;4H,2-3H2,1H3. The van der Waals surface area contributed by atoms with Gasteiger partial charge in [0.05, 0.1) is 13.2 Å². The molecule has 3 nitrogen and oxygen atoms in total. The van der Waals surface area contributed by atoms with Crippen molar-refractivity contribution in [3.8, 4) is 0 Å². The topological polar surface area (TPSA) is 31.0 Å². The molecule has 2 saturated heterocycles. The van der Waals surface area contributed by atoms with E-state index < -0.39 is 9.04 Å². The minimum absolute atomic E-state index is 0.426. The molecule has 0 bridgehead atoms. The van der Waals surface area contributed by atoms with Crippen molar-refractivity contribution in [3.63, 3.8) is 0 Å². The quantitative estimate of drug-likeness (QED) is 0.548. The highest BCUT2D eigenvalue weighted by molar-refractivity contribution is 6.51. The van der Waals surface area contributed by atoms with Crippen LogP contribution < -0.4 is 0 Å². The van der Waals surface area contributed by atoms with E-state index in [-0.39, 0.29) is 0 Å². The Hall–Kier alpha value is 0.0969. The molecule has 0 aliphatic carbocycles. The minimum atomic E-state index is -0.626. The molecule has 2 heterocycles. The molecule has 15 heavy (non-hydrogen) atoms. The summed E-state index contributed by atoms with van der Waals surface area (Å²) in [6, 6.07) is 2.84. The summed E-state index contributed by atoms with van der Waals surface area (Å²) < 4.78 is 15.2. The van der Waals surface area contributed by atoms with E-state index in [4.69, 9.17) is 13.9 Å². The smallest absolute Gasteiger partial charge is 0.176 e. The lowest BCUT2D eigenvalue weighted by atomic mass is 10.4. The number of rotatable bonds is 4. The van der Waals surface area contributed by atoms with Gasteiger partial charge in [-0.1, -0.05) is 19.8 Å². The van der Waals surface area contributed by atoms with Gasteiger partial charge in [0.15, 0.2) is 9.04 Å². The highest BCUT2D eigenvalue weighted by atomic mass is 28.3. The zero-order chi connectivity index (χ0) is 10.9. The summed E-state index contributed by atoms with van der Waals surface area (Å²) in [4.78, 5) is 0. The number of hydrogen-bond acceptors (Lipinski definition) is 3. The van der Waals surface area contributed by atoms with Crippen LogP contribution in [0.2, 0.25) is 12.1 Å². The summed E-state index contributed by atoms with van der Waals surface area (Å²) in [6.07, 6.45) is 4.51. The first kappa shape index (κ1) is 13.2. The van der Waals surface area contributed by atoms with Gasteiger partial charge in [-0.05, 0) is 18.5 Å². The maximum absolute atomic E-state index is 5.66. The molecule has 0 aromatic heterocycles. The molecule has 4 heteroatoms. The van der Waals surface area contributed by atoms with Gasteiger partial charge in [0.25, 0.3) is 0 Å². The van der Waals surface area contributed by atoms with Crippen LogP contribution in [-0.4, -0.2) is 42.1 Å². The van der Waals surface area contributed by atoms with Crippen LogP contribution in [0.3, 0.4) is 0 Å². The summed E-state index contributed by atoms with van der Waals surface area (Å²) in [6.45, 7) is 4.98. The summed E-state index contributed by atoms with van der Waals surface area (Å²) in [7, 11) is 1.06. The van der Waals surface area contributed by atoms with Crippen molar-refractivity contribution in [1.82, 2.24) is 0 Å².